The summed E-state index contributed by atoms with van der Waals surface area (Å²) < 4.78 is 8.16. The molecule has 19 heavy (non-hydrogen) atoms. The summed E-state index contributed by atoms with van der Waals surface area (Å²) >= 11 is 4.64. The molecule has 96 valence electrons. The van der Waals surface area contributed by atoms with Crippen molar-refractivity contribution in [2.24, 2.45) is 4.99 Å². The number of nitrogens with zero attached hydrogens (tertiary/aromatic N) is 1. The first-order chi connectivity index (χ1) is 9.22. The van der Waals surface area contributed by atoms with Crippen LogP contribution in [0.5, 0.6) is 0 Å². The van der Waals surface area contributed by atoms with Gasteiger partial charge < -0.3 is 4.74 Å². The Morgan fingerprint density at radius 3 is 2.37 bits per heavy atom. The minimum atomic E-state index is 0.117. The van der Waals surface area contributed by atoms with Crippen LogP contribution in [0, 0.1) is 7.14 Å². The molecule has 0 saturated carbocycles. The van der Waals surface area contributed by atoms with Crippen LogP contribution in [0.15, 0.2) is 53.5 Å². The lowest BCUT2D eigenvalue weighted by molar-refractivity contribution is 0.320. The van der Waals surface area contributed by atoms with Crippen molar-refractivity contribution in [3.63, 3.8) is 0 Å². The van der Waals surface area contributed by atoms with Crippen molar-refractivity contribution in [3.8, 4) is 0 Å². The van der Waals surface area contributed by atoms with Crippen LogP contribution in [0.4, 0.5) is 0 Å². The fourth-order valence-electron chi connectivity index (χ4n) is 2.06. The van der Waals surface area contributed by atoms with Gasteiger partial charge in [0, 0.05) is 12.7 Å². The van der Waals surface area contributed by atoms with Gasteiger partial charge in [0.1, 0.15) is 12.6 Å². The Morgan fingerprint density at radius 1 is 1.00 bits per heavy atom. The molecule has 2 aromatic carbocycles. The Bertz CT molecular complexity index is 605. The molecule has 0 unspecified atom stereocenters. The molecule has 0 aliphatic carbocycles. The summed E-state index contributed by atoms with van der Waals surface area (Å²) in [4.78, 5) is 4.70. The van der Waals surface area contributed by atoms with Crippen LogP contribution in [0.2, 0.25) is 0 Å². The van der Waals surface area contributed by atoms with Gasteiger partial charge in [-0.25, -0.2) is 4.99 Å². The second-order valence-electron chi connectivity index (χ2n) is 4.33. The molecular weight excluding hydrogens is 464 g/mol. The topological polar surface area (TPSA) is 21.6 Å². The fraction of sp³-hybridized carbons (Fsp3) is 0.133. The first-order valence-corrected chi connectivity index (χ1v) is 8.10. The second-order valence-corrected chi connectivity index (χ2v) is 6.82. The summed E-state index contributed by atoms with van der Waals surface area (Å²) in [7, 11) is 0. The quantitative estimate of drug-likeness (QED) is 0.591. The van der Waals surface area contributed by atoms with E-state index in [2.05, 4.69) is 75.5 Å². The maximum atomic E-state index is 5.76. The van der Waals surface area contributed by atoms with Crippen LogP contribution in [-0.2, 0) is 4.74 Å². The minimum absolute atomic E-state index is 0.117. The Hall–Kier alpha value is -0.630. The van der Waals surface area contributed by atoms with Crippen LogP contribution in [0.1, 0.15) is 17.2 Å². The molecule has 1 aliphatic heterocycles. The highest BCUT2D eigenvalue weighted by Crippen LogP contribution is 2.26. The van der Waals surface area contributed by atoms with E-state index in [0.717, 1.165) is 11.5 Å². The van der Waals surface area contributed by atoms with E-state index >= 15 is 0 Å². The van der Waals surface area contributed by atoms with Crippen molar-refractivity contribution >= 4 is 51.1 Å². The summed E-state index contributed by atoms with van der Waals surface area (Å²) in [5, 5.41) is 0. The van der Waals surface area contributed by atoms with Crippen molar-refractivity contribution in [3.05, 3.63) is 66.8 Å². The van der Waals surface area contributed by atoms with Gasteiger partial charge in [-0.15, -0.1) is 0 Å². The standard InChI is InChI=1S/C15H11I2NO/c16-12-6-11(7-13(17)8-12)15-18-14(9-19-15)10-4-2-1-3-5-10/h1-8,14H,9H2/t14-/m1/s1. The summed E-state index contributed by atoms with van der Waals surface area (Å²) in [6, 6.07) is 16.8. The van der Waals surface area contributed by atoms with Gasteiger partial charge in [-0.05, 0) is 68.9 Å². The molecule has 0 aromatic heterocycles. The number of ether oxygens (including phenoxy) is 1. The number of aliphatic imine (C=N–C) groups is 1. The molecule has 0 amide bonds. The lowest BCUT2D eigenvalue weighted by Crippen LogP contribution is -2.02. The van der Waals surface area contributed by atoms with E-state index in [1.807, 2.05) is 18.2 Å². The molecule has 2 nitrogen and oxygen atoms in total. The predicted molar refractivity (Wildman–Crippen MR) is 93.5 cm³/mol. The average Bonchev–Trinajstić information content (AvgIpc) is 2.88. The van der Waals surface area contributed by atoms with E-state index in [-0.39, 0.29) is 6.04 Å². The number of halogens is 2. The van der Waals surface area contributed by atoms with Gasteiger partial charge in [-0.1, -0.05) is 30.3 Å². The third-order valence-electron chi connectivity index (χ3n) is 2.94. The van der Waals surface area contributed by atoms with Gasteiger partial charge in [-0.2, -0.15) is 0 Å². The zero-order chi connectivity index (χ0) is 13.2. The molecule has 3 rings (SSSR count). The third-order valence-corrected chi connectivity index (χ3v) is 4.19. The highest BCUT2D eigenvalue weighted by Gasteiger charge is 2.21. The van der Waals surface area contributed by atoms with E-state index in [1.165, 1.54) is 12.7 Å². The Labute approximate surface area is 139 Å². The molecule has 4 heteroatoms. The second kappa shape index (κ2) is 5.78. The predicted octanol–water partition coefficient (Wildman–Crippen LogP) is 4.41. The normalized spacial score (nSPS) is 18.0. The maximum Gasteiger partial charge on any atom is 0.216 e. The highest BCUT2D eigenvalue weighted by atomic mass is 127. The molecule has 1 heterocycles. The molecule has 1 atom stereocenters. The van der Waals surface area contributed by atoms with E-state index in [1.54, 1.807) is 0 Å². The van der Waals surface area contributed by atoms with Crippen molar-refractivity contribution < 1.29 is 4.74 Å². The molecule has 0 N–H and O–H groups in total. The van der Waals surface area contributed by atoms with Crippen LogP contribution < -0.4 is 0 Å². The summed E-state index contributed by atoms with van der Waals surface area (Å²) in [6.07, 6.45) is 0. The molecule has 0 saturated heterocycles. The number of hydrogen-bond acceptors (Lipinski definition) is 2. The SMILES string of the molecule is Ic1cc(I)cc(C2=N[C@@H](c3ccccc3)CO2)c1. The summed E-state index contributed by atoms with van der Waals surface area (Å²) in [5.74, 6) is 0.755. The van der Waals surface area contributed by atoms with E-state index in [0.29, 0.717) is 6.61 Å². The summed E-state index contributed by atoms with van der Waals surface area (Å²) in [5.41, 5.74) is 2.27. The smallest absolute Gasteiger partial charge is 0.216 e. The van der Waals surface area contributed by atoms with Crippen LogP contribution in [-0.4, -0.2) is 12.5 Å². The zero-order valence-electron chi connectivity index (χ0n) is 10.0. The molecular formula is C15H11I2NO. The van der Waals surface area contributed by atoms with Gasteiger partial charge >= 0.3 is 0 Å². The minimum Gasteiger partial charge on any atom is -0.475 e. The first kappa shape index (κ1) is 13.4. The zero-order valence-corrected chi connectivity index (χ0v) is 14.3. The molecule has 2 aromatic rings. The van der Waals surface area contributed by atoms with Crippen molar-refractivity contribution in [1.82, 2.24) is 0 Å². The van der Waals surface area contributed by atoms with Gasteiger partial charge in [0.25, 0.3) is 0 Å². The molecule has 0 fully saturated rings. The lowest BCUT2D eigenvalue weighted by Gasteiger charge is -2.03. The number of hydrogen-bond donors (Lipinski definition) is 0. The molecule has 0 spiro atoms. The Balaban J connectivity index is 1.91. The molecule has 0 bridgehead atoms. The van der Waals surface area contributed by atoms with Gasteiger partial charge in [0.15, 0.2) is 0 Å². The third kappa shape index (κ3) is 3.10. The van der Waals surface area contributed by atoms with Gasteiger partial charge in [-0.3, -0.25) is 0 Å². The summed E-state index contributed by atoms with van der Waals surface area (Å²) in [6.45, 7) is 0.626. The van der Waals surface area contributed by atoms with E-state index < -0.39 is 0 Å². The largest absolute Gasteiger partial charge is 0.475 e. The van der Waals surface area contributed by atoms with Gasteiger partial charge in [0.2, 0.25) is 5.90 Å². The highest BCUT2D eigenvalue weighted by molar-refractivity contribution is 14.1. The first-order valence-electron chi connectivity index (χ1n) is 5.94. The molecule has 0 radical (unpaired) electrons. The van der Waals surface area contributed by atoms with Crippen molar-refractivity contribution in [2.45, 2.75) is 6.04 Å². The Morgan fingerprint density at radius 2 is 1.68 bits per heavy atom. The number of rotatable bonds is 2. The van der Waals surface area contributed by atoms with Crippen LogP contribution >= 0.6 is 45.2 Å². The van der Waals surface area contributed by atoms with Gasteiger partial charge in [0.05, 0.1) is 0 Å². The van der Waals surface area contributed by atoms with E-state index in [4.69, 9.17) is 9.73 Å². The van der Waals surface area contributed by atoms with Crippen LogP contribution in [0.3, 0.4) is 0 Å². The van der Waals surface area contributed by atoms with E-state index in [9.17, 15) is 0 Å². The van der Waals surface area contributed by atoms with Crippen molar-refractivity contribution in [1.29, 1.82) is 0 Å². The number of benzene rings is 2. The maximum absolute atomic E-state index is 5.76. The van der Waals surface area contributed by atoms with Crippen LogP contribution in [0.25, 0.3) is 0 Å². The average molecular weight is 475 g/mol. The lowest BCUT2D eigenvalue weighted by atomic mass is 10.1. The fourth-order valence-corrected chi connectivity index (χ4v) is 3.99. The van der Waals surface area contributed by atoms with Crippen molar-refractivity contribution in [2.75, 3.05) is 6.61 Å². The Kier molecular flexibility index (Phi) is 4.07. The molecule has 1 aliphatic rings. The monoisotopic (exact) mass is 475 g/mol.